The fourth-order valence-corrected chi connectivity index (χ4v) is 4.67. The van der Waals surface area contributed by atoms with Crippen LogP contribution < -0.4 is 10.6 Å². The Kier molecular flexibility index (Phi) is 6.29. The number of benzene rings is 2. The quantitative estimate of drug-likeness (QED) is 0.497. The van der Waals surface area contributed by atoms with Crippen molar-refractivity contribution >= 4 is 34.3 Å². The lowest BCUT2D eigenvalue weighted by Gasteiger charge is -2.25. The summed E-state index contributed by atoms with van der Waals surface area (Å²) in [5, 5.41) is 7.78. The highest BCUT2D eigenvalue weighted by Crippen LogP contribution is 2.32. The number of hydrogen-bond donors (Lipinski definition) is 2. The van der Waals surface area contributed by atoms with Crippen molar-refractivity contribution in [2.45, 2.75) is 38.6 Å². The van der Waals surface area contributed by atoms with Crippen LogP contribution in [0.4, 0.5) is 9.93 Å². The molecule has 8 heteroatoms. The zero-order chi connectivity index (χ0) is 23.6. The smallest absolute Gasteiger partial charge is 0.319 e. The summed E-state index contributed by atoms with van der Waals surface area (Å²) < 4.78 is 0. The molecule has 2 heterocycles. The van der Waals surface area contributed by atoms with Gasteiger partial charge in [-0.25, -0.2) is 9.78 Å². The molecule has 1 atom stereocenters. The summed E-state index contributed by atoms with van der Waals surface area (Å²) >= 11 is 1.30. The number of rotatable bonds is 7. The van der Waals surface area contributed by atoms with Crippen molar-refractivity contribution in [1.29, 1.82) is 0 Å². The normalized spacial score (nSPS) is 18.0. The molecule has 7 nitrogen and oxygen atoms in total. The van der Waals surface area contributed by atoms with Gasteiger partial charge in [0, 0.05) is 10.9 Å². The second kappa shape index (κ2) is 9.15. The first-order chi connectivity index (χ1) is 15.8. The molecule has 1 unspecified atom stereocenters. The Labute approximate surface area is 196 Å². The van der Waals surface area contributed by atoms with Crippen LogP contribution in [0.3, 0.4) is 0 Å². The fraction of sp³-hybridized carbons (Fsp3) is 0.280. The fourth-order valence-electron chi connectivity index (χ4n) is 3.94. The third kappa shape index (κ3) is 4.39. The van der Waals surface area contributed by atoms with Gasteiger partial charge in [0.25, 0.3) is 5.91 Å². The zero-order valence-corrected chi connectivity index (χ0v) is 19.6. The predicted octanol–water partition coefficient (Wildman–Crippen LogP) is 4.73. The molecule has 2 aromatic carbocycles. The van der Waals surface area contributed by atoms with Crippen molar-refractivity contribution in [3.8, 4) is 11.3 Å². The van der Waals surface area contributed by atoms with Crippen molar-refractivity contribution in [3.05, 3.63) is 71.1 Å². The van der Waals surface area contributed by atoms with E-state index < -0.39 is 23.4 Å². The number of imide groups is 1. The molecule has 170 valence electrons. The number of aromatic nitrogens is 1. The summed E-state index contributed by atoms with van der Waals surface area (Å²) in [6, 6.07) is 16.7. The highest BCUT2D eigenvalue weighted by molar-refractivity contribution is 7.14. The zero-order valence-electron chi connectivity index (χ0n) is 18.8. The van der Waals surface area contributed by atoms with E-state index in [1.165, 1.54) is 16.9 Å². The summed E-state index contributed by atoms with van der Waals surface area (Å²) in [4.78, 5) is 43.8. The molecule has 0 bridgehead atoms. The van der Waals surface area contributed by atoms with E-state index in [-0.39, 0.29) is 6.54 Å². The van der Waals surface area contributed by atoms with Crippen LogP contribution in [0, 0.1) is 0 Å². The molecule has 0 aliphatic carbocycles. The topological polar surface area (TPSA) is 91.4 Å². The van der Waals surface area contributed by atoms with Crippen molar-refractivity contribution in [2.24, 2.45) is 0 Å². The predicted molar refractivity (Wildman–Crippen MR) is 129 cm³/mol. The third-order valence-electron chi connectivity index (χ3n) is 5.90. The molecular formula is C25H26N4O3S. The monoisotopic (exact) mass is 462 g/mol. The van der Waals surface area contributed by atoms with Crippen LogP contribution in [-0.2, 0) is 15.1 Å². The minimum atomic E-state index is -1.16. The van der Waals surface area contributed by atoms with Gasteiger partial charge in [0.2, 0.25) is 5.91 Å². The second-order valence-electron chi connectivity index (χ2n) is 8.31. The lowest BCUT2D eigenvalue weighted by atomic mass is 9.87. The summed E-state index contributed by atoms with van der Waals surface area (Å²) in [5.41, 5.74) is 2.50. The summed E-state index contributed by atoms with van der Waals surface area (Å²) in [7, 11) is 0. The Morgan fingerprint density at radius 2 is 1.82 bits per heavy atom. The van der Waals surface area contributed by atoms with Crippen LogP contribution in [0.2, 0.25) is 0 Å². The number of carbonyl (C=O) groups excluding carboxylic acids is 3. The number of hydrogen-bond acceptors (Lipinski definition) is 5. The van der Waals surface area contributed by atoms with Crippen LogP contribution in [-0.4, -0.2) is 34.3 Å². The number of carbonyl (C=O) groups is 3. The van der Waals surface area contributed by atoms with E-state index in [1.54, 1.807) is 12.1 Å². The van der Waals surface area contributed by atoms with E-state index in [4.69, 9.17) is 0 Å². The van der Waals surface area contributed by atoms with Crippen LogP contribution in [0.25, 0.3) is 11.3 Å². The molecule has 1 aliphatic heterocycles. The van der Waals surface area contributed by atoms with Gasteiger partial charge in [0.15, 0.2) is 5.13 Å². The Hall–Kier alpha value is -3.52. The first kappa shape index (κ1) is 22.7. The van der Waals surface area contributed by atoms with E-state index in [0.29, 0.717) is 23.0 Å². The lowest BCUT2D eigenvalue weighted by Crippen LogP contribution is -2.44. The van der Waals surface area contributed by atoms with Crippen molar-refractivity contribution < 1.29 is 14.4 Å². The molecule has 0 saturated carbocycles. The Bertz CT molecular complexity index is 1170. The molecule has 4 rings (SSSR count). The highest BCUT2D eigenvalue weighted by atomic mass is 32.1. The summed E-state index contributed by atoms with van der Waals surface area (Å²) in [6.07, 6.45) is 0.380. The summed E-state index contributed by atoms with van der Waals surface area (Å²) in [6.45, 7) is 5.74. The molecule has 1 saturated heterocycles. The number of thiazole rings is 1. The van der Waals surface area contributed by atoms with E-state index in [2.05, 4.69) is 41.6 Å². The van der Waals surface area contributed by atoms with Crippen LogP contribution in [0.15, 0.2) is 60.0 Å². The molecular weight excluding hydrogens is 436 g/mol. The number of nitrogens with one attached hydrogen (secondary N) is 2. The van der Waals surface area contributed by atoms with E-state index in [0.717, 1.165) is 16.2 Å². The molecule has 4 amide bonds. The van der Waals surface area contributed by atoms with E-state index in [9.17, 15) is 14.4 Å². The molecule has 0 radical (unpaired) electrons. The van der Waals surface area contributed by atoms with Gasteiger partial charge in [-0.05, 0) is 23.5 Å². The summed E-state index contributed by atoms with van der Waals surface area (Å²) in [5.74, 6) is -0.459. The first-order valence-electron chi connectivity index (χ1n) is 10.9. The highest BCUT2D eigenvalue weighted by Gasteiger charge is 2.51. The Morgan fingerprint density at radius 3 is 2.45 bits per heavy atom. The standard InChI is InChI=1S/C25H26N4O3S/c1-4-25(19-8-6-5-7-9-19)22(31)29(24(32)28-25)14-21(30)27-23-26-20(15-33-23)18-12-10-17(11-13-18)16(2)3/h5-13,15-16H,4,14H2,1-3H3,(H,28,32)(H,26,27,30). The average molecular weight is 463 g/mol. The van der Waals surface area contributed by atoms with Gasteiger partial charge < -0.3 is 10.6 Å². The van der Waals surface area contributed by atoms with Gasteiger partial charge >= 0.3 is 6.03 Å². The third-order valence-corrected chi connectivity index (χ3v) is 6.66. The SMILES string of the molecule is CCC1(c2ccccc2)NC(=O)N(CC(=O)Nc2nc(-c3ccc(C(C)C)cc3)cs2)C1=O. The molecule has 0 spiro atoms. The number of anilines is 1. The van der Waals surface area contributed by atoms with E-state index in [1.807, 2.05) is 42.6 Å². The second-order valence-corrected chi connectivity index (χ2v) is 9.17. The van der Waals surface area contributed by atoms with Gasteiger partial charge in [-0.1, -0.05) is 75.4 Å². The number of nitrogens with zero attached hydrogens (tertiary/aromatic N) is 2. The molecule has 33 heavy (non-hydrogen) atoms. The van der Waals surface area contributed by atoms with Crippen LogP contribution >= 0.6 is 11.3 Å². The van der Waals surface area contributed by atoms with Crippen LogP contribution in [0.1, 0.15) is 44.2 Å². The first-order valence-corrected chi connectivity index (χ1v) is 11.8. The Morgan fingerprint density at radius 1 is 1.12 bits per heavy atom. The van der Waals surface area contributed by atoms with Crippen molar-refractivity contribution in [1.82, 2.24) is 15.2 Å². The number of urea groups is 1. The van der Waals surface area contributed by atoms with Crippen molar-refractivity contribution in [2.75, 3.05) is 11.9 Å². The molecule has 1 aliphatic rings. The van der Waals surface area contributed by atoms with Crippen molar-refractivity contribution in [3.63, 3.8) is 0 Å². The maximum atomic E-state index is 13.2. The van der Waals surface area contributed by atoms with Gasteiger partial charge in [-0.2, -0.15) is 0 Å². The van der Waals surface area contributed by atoms with Crippen LogP contribution in [0.5, 0.6) is 0 Å². The van der Waals surface area contributed by atoms with E-state index >= 15 is 0 Å². The molecule has 1 aromatic heterocycles. The van der Waals surface area contributed by atoms with Gasteiger partial charge in [-0.3, -0.25) is 14.5 Å². The minimum absolute atomic E-state index is 0.378. The number of amides is 4. The minimum Gasteiger partial charge on any atom is -0.319 e. The van der Waals surface area contributed by atoms with Gasteiger partial charge in [0.05, 0.1) is 5.69 Å². The lowest BCUT2D eigenvalue weighted by molar-refractivity contribution is -0.134. The Balaban J connectivity index is 1.44. The molecule has 3 aromatic rings. The maximum absolute atomic E-state index is 13.2. The maximum Gasteiger partial charge on any atom is 0.325 e. The van der Waals surface area contributed by atoms with Gasteiger partial charge in [-0.15, -0.1) is 11.3 Å². The van der Waals surface area contributed by atoms with Gasteiger partial charge in [0.1, 0.15) is 12.1 Å². The molecule has 1 fully saturated rings. The average Bonchev–Trinajstić information content (AvgIpc) is 3.38. The largest absolute Gasteiger partial charge is 0.325 e. The molecule has 2 N–H and O–H groups in total.